The molecular formula is C20H26ClN3S2. The predicted molar refractivity (Wildman–Crippen MR) is 117 cm³/mol. The van der Waals surface area contributed by atoms with Crippen molar-refractivity contribution >= 4 is 46.0 Å². The van der Waals surface area contributed by atoms with E-state index in [9.17, 15) is 0 Å². The smallest absolute Gasteiger partial charge is 0.173 e. The minimum atomic E-state index is 0.734. The van der Waals surface area contributed by atoms with Crippen molar-refractivity contribution in [1.29, 1.82) is 0 Å². The van der Waals surface area contributed by atoms with Gasteiger partial charge in [-0.25, -0.2) is 0 Å². The summed E-state index contributed by atoms with van der Waals surface area (Å²) in [6.45, 7) is 5.28. The van der Waals surface area contributed by atoms with Crippen LogP contribution in [0.3, 0.4) is 0 Å². The number of nitrogens with one attached hydrogen (secondary N) is 1. The number of hydrogen-bond acceptors (Lipinski definition) is 3. The highest BCUT2D eigenvalue weighted by Crippen LogP contribution is 2.17. The first kappa shape index (κ1) is 19.6. The van der Waals surface area contributed by atoms with E-state index in [1.807, 2.05) is 24.3 Å². The molecule has 2 heterocycles. The second kappa shape index (κ2) is 10.3. The average molecular weight is 408 g/mol. The molecule has 0 saturated carbocycles. The number of anilines is 1. The molecule has 26 heavy (non-hydrogen) atoms. The van der Waals surface area contributed by atoms with Gasteiger partial charge in [0.2, 0.25) is 0 Å². The first-order chi connectivity index (χ1) is 12.7. The van der Waals surface area contributed by atoms with Crippen molar-refractivity contribution in [3.05, 3.63) is 51.7 Å². The fraction of sp³-hybridized carbons (Fsp3) is 0.450. The molecule has 0 radical (unpaired) electrons. The van der Waals surface area contributed by atoms with Crippen LogP contribution in [0.25, 0.3) is 0 Å². The molecule has 0 unspecified atom stereocenters. The van der Waals surface area contributed by atoms with Crippen molar-refractivity contribution in [3.8, 4) is 0 Å². The van der Waals surface area contributed by atoms with Crippen LogP contribution in [0.2, 0.25) is 5.02 Å². The summed E-state index contributed by atoms with van der Waals surface area (Å²) >= 11 is 13.5. The Bertz CT molecular complexity index is 665. The lowest BCUT2D eigenvalue weighted by atomic mass is 10.2. The minimum Gasteiger partial charge on any atom is -0.343 e. The number of benzene rings is 1. The van der Waals surface area contributed by atoms with E-state index >= 15 is 0 Å². The standard InChI is InChI=1S/C20H26ClN3S2/c21-17-7-9-18(10-8-17)22-20(25)24(16-19-6-5-15-26-19)14-13-23-11-3-1-2-4-12-23/h5-10,15H,1-4,11-14,16H2,(H,22,25). The van der Waals surface area contributed by atoms with Crippen LogP contribution >= 0.6 is 35.2 Å². The Hall–Kier alpha value is -1.14. The summed E-state index contributed by atoms with van der Waals surface area (Å²) in [7, 11) is 0. The van der Waals surface area contributed by atoms with Crippen molar-refractivity contribution in [3.63, 3.8) is 0 Å². The molecule has 1 aromatic heterocycles. The van der Waals surface area contributed by atoms with E-state index in [0.29, 0.717) is 0 Å². The maximum atomic E-state index is 5.98. The zero-order chi connectivity index (χ0) is 18.2. The molecule has 0 bridgehead atoms. The van der Waals surface area contributed by atoms with E-state index in [0.717, 1.165) is 35.5 Å². The maximum Gasteiger partial charge on any atom is 0.173 e. The molecule has 2 aromatic rings. The van der Waals surface area contributed by atoms with E-state index in [2.05, 4.69) is 32.6 Å². The Labute approximate surface area is 171 Å². The predicted octanol–water partition coefficient (Wildman–Crippen LogP) is 5.48. The van der Waals surface area contributed by atoms with E-state index in [1.54, 1.807) is 11.3 Å². The molecule has 1 aliphatic rings. The minimum absolute atomic E-state index is 0.734. The van der Waals surface area contributed by atoms with E-state index in [4.69, 9.17) is 23.8 Å². The highest BCUT2D eigenvalue weighted by molar-refractivity contribution is 7.80. The summed E-state index contributed by atoms with van der Waals surface area (Å²) in [5, 5.41) is 7.00. The lowest BCUT2D eigenvalue weighted by molar-refractivity contribution is 0.253. The van der Waals surface area contributed by atoms with Gasteiger partial charge in [0.05, 0.1) is 6.54 Å². The highest BCUT2D eigenvalue weighted by atomic mass is 35.5. The molecule has 0 amide bonds. The molecule has 1 fully saturated rings. The summed E-state index contributed by atoms with van der Waals surface area (Å²) in [5.41, 5.74) is 0.977. The summed E-state index contributed by atoms with van der Waals surface area (Å²) in [6.07, 6.45) is 5.37. The molecule has 3 nitrogen and oxygen atoms in total. The van der Waals surface area contributed by atoms with E-state index < -0.39 is 0 Å². The quantitative estimate of drug-likeness (QED) is 0.639. The van der Waals surface area contributed by atoms with E-state index in [-0.39, 0.29) is 0 Å². The number of thiophene rings is 1. The molecule has 140 valence electrons. The summed E-state index contributed by atoms with van der Waals surface area (Å²) in [5.74, 6) is 0. The fourth-order valence-electron chi connectivity index (χ4n) is 3.20. The van der Waals surface area contributed by atoms with Gasteiger partial charge in [-0.2, -0.15) is 0 Å². The molecule has 1 N–H and O–H groups in total. The second-order valence-electron chi connectivity index (χ2n) is 6.69. The topological polar surface area (TPSA) is 18.5 Å². The van der Waals surface area contributed by atoms with Crippen LogP contribution < -0.4 is 5.32 Å². The lowest BCUT2D eigenvalue weighted by Crippen LogP contribution is -2.40. The SMILES string of the molecule is S=C(Nc1ccc(Cl)cc1)N(CCN1CCCCCC1)Cc1cccs1. The zero-order valence-corrected chi connectivity index (χ0v) is 17.4. The van der Waals surface area contributed by atoms with Gasteiger partial charge in [-0.05, 0) is 73.9 Å². The molecule has 0 atom stereocenters. The van der Waals surface area contributed by atoms with Gasteiger partial charge in [0, 0.05) is 28.7 Å². The van der Waals surface area contributed by atoms with Crippen LogP contribution in [0.5, 0.6) is 0 Å². The second-order valence-corrected chi connectivity index (χ2v) is 8.55. The molecule has 1 saturated heterocycles. The third kappa shape index (κ3) is 6.23. The average Bonchev–Trinajstić information content (AvgIpc) is 3.02. The van der Waals surface area contributed by atoms with Crippen molar-refractivity contribution < 1.29 is 0 Å². The Morgan fingerprint density at radius 1 is 1.12 bits per heavy atom. The fourth-order valence-corrected chi connectivity index (χ4v) is 4.32. The molecule has 1 aliphatic heterocycles. The largest absolute Gasteiger partial charge is 0.343 e. The van der Waals surface area contributed by atoms with Gasteiger partial charge in [-0.15, -0.1) is 11.3 Å². The number of nitrogens with zero attached hydrogens (tertiary/aromatic N) is 2. The molecule has 6 heteroatoms. The monoisotopic (exact) mass is 407 g/mol. The Balaban J connectivity index is 1.61. The zero-order valence-electron chi connectivity index (χ0n) is 15.0. The number of halogens is 1. The molecule has 0 spiro atoms. The van der Waals surface area contributed by atoms with Crippen LogP contribution in [-0.2, 0) is 6.54 Å². The molecule has 1 aromatic carbocycles. The molecular weight excluding hydrogens is 382 g/mol. The van der Waals surface area contributed by atoms with Crippen LogP contribution in [0, 0.1) is 0 Å². The number of likely N-dealkylation sites (tertiary alicyclic amines) is 1. The van der Waals surface area contributed by atoms with Crippen LogP contribution in [0.1, 0.15) is 30.6 Å². The van der Waals surface area contributed by atoms with Gasteiger partial charge in [-0.1, -0.05) is 30.5 Å². The van der Waals surface area contributed by atoms with E-state index in [1.165, 1.54) is 43.6 Å². The van der Waals surface area contributed by atoms with Crippen molar-refractivity contribution in [2.45, 2.75) is 32.2 Å². The van der Waals surface area contributed by atoms with Gasteiger partial charge in [-0.3, -0.25) is 0 Å². The normalized spacial score (nSPS) is 15.4. The van der Waals surface area contributed by atoms with Crippen molar-refractivity contribution in [1.82, 2.24) is 9.80 Å². The van der Waals surface area contributed by atoms with Gasteiger partial charge in [0.15, 0.2) is 5.11 Å². The van der Waals surface area contributed by atoms with Gasteiger partial charge < -0.3 is 15.1 Å². The molecule has 3 rings (SSSR count). The molecule has 0 aliphatic carbocycles. The number of rotatable bonds is 6. The number of thiocarbonyl (C=S) groups is 1. The van der Waals surface area contributed by atoms with Crippen LogP contribution in [-0.4, -0.2) is 41.1 Å². The van der Waals surface area contributed by atoms with Crippen LogP contribution in [0.15, 0.2) is 41.8 Å². The lowest BCUT2D eigenvalue weighted by Gasteiger charge is -2.29. The van der Waals surface area contributed by atoms with Crippen molar-refractivity contribution in [2.75, 3.05) is 31.5 Å². The highest BCUT2D eigenvalue weighted by Gasteiger charge is 2.15. The third-order valence-electron chi connectivity index (χ3n) is 4.69. The maximum absolute atomic E-state index is 5.98. The van der Waals surface area contributed by atoms with Crippen LogP contribution in [0.4, 0.5) is 5.69 Å². The summed E-state index contributed by atoms with van der Waals surface area (Å²) in [6, 6.07) is 12.0. The van der Waals surface area contributed by atoms with Gasteiger partial charge in [0.1, 0.15) is 0 Å². The first-order valence-electron chi connectivity index (χ1n) is 9.27. The Morgan fingerprint density at radius 3 is 2.50 bits per heavy atom. The summed E-state index contributed by atoms with van der Waals surface area (Å²) < 4.78 is 0. The first-order valence-corrected chi connectivity index (χ1v) is 10.9. The van der Waals surface area contributed by atoms with Gasteiger partial charge >= 0.3 is 0 Å². The summed E-state index contributed by atoms with van der Waals surface area (Å²) in [4.78, 5) is 6.20. The number of hydrogen-bond donors (Lipinski definition) is 1. The van der Waals surface area contributed by atoms with Crippen molar-refractivity contribution in [2.24, 2.45) is 0 Å². The Morgan fingerprint density at radius 2 is 1.85 bits per heavy atom. The van der Waals surface area contributed by atoms with Gasteiger partial charge in [0.25, 0.3) is 0 Å². The Kier molecular flexibility index (Phi) is 7.74. The third-order valence-corrected chi connectivity index (χ3v) is 6.17.